The second kappa shape index (κ2) is 13.8. The van der Waals surface area contributed by atoms with Crippen molar-refractivity contribution >= 4 is 19.1 Å². The number of nitrogens with zero attached hydrogens (tertiary/aromatic N) is 3. The highest BCUT2D eigenvalue weighted by Crippen LogP contribution is 2.23. The summed E-state index contributed by atoms with van der Waals surface area (Å²) in [7, 11) is -1.77. The summed E-state index contributed by atoms with van der Waals surface area (Å²) in [5.74, 6) is -1.34. The number of morpholine rings is 1. The van der Waals surface area contributed by atoms with E-state index in [1.54, 1.807) is 11.0 Å². The number of ether oxygens (including phenoxy) is 2. The fourth-order valence-corrected chi connectivity index (χ4v) is 4.92. The van der Waals surface area contributed by atoms with Crippen LogP contribution in [-0.4, -0.2) is 95.4 Å². The van der Waals surface area contributed by atoms with Crippen LogP contribution in [-0.2, 0) is 20.7 Å². The second-order valence-corrected chi connectivity index (χ2v) is 10.6. The molecule has 10 nitrogen and oxygen atoms in total. The van der Waals surface area contributed by atoms with Crippen molar-refractivity contribution in [2.75, 3.05) is 32.8 Å². The molecule has 3 atom stereocenters. The molecule has 0 aliphatic carbocycles. The largest absolute Gasteiger partial charge is 0.475 e. The molecule has 0 aromatic heterocycles. The van der Waals surface area contributed by atoms with Crippen LogP contribution in [0.1, 0.15) is 45.6 Å². The third-order valence-corrected chi connectivity index (χ3v) is 7.06. The summed E-state index contributed by atoms with van der Waals surface area (Å²) in [4.78, 5) is 29.8. The smallest absolute Gasteiger partial charge is 0.444 e. The van der Waals surface area contributed by atoms with Crippen LogP contribution in [0.2, 0.25) is 0 Å². The van der Waals surface area contributed by atoms with E-state index in [0.717, 1.165) is 18.4 Å². The zero-order valence-electron chi connectivity index (χ0n) is 22.5. The number of rotatable bonds is 8. The van der Waals surface area contributed by atoms with E-state index in [1.165, 1.54) is 0 Å². The number of amides is 2. The molecule has 3 N–H and O–H groups in total. The van der Waals surface area contributed by atoms with Crippen molar-refractivity contribution in [3.8, 4) is 6.07 Å². The van der Waals surface area contributed by atoms with Gasteiger partial charge in [-0.05, 0) is 58.1 Å². The molecule has 11 heteroatoms. The zero-order valence-corrected chi connectivity index (χ0v) is 22.5. The Labute approximate surface area is 225 Å². The predicted molar refractivity (Wildman–Crippen MR) is 143 cm³/mol. The maximum atomic E-state index is 13.4. The lowest BCUT2D eigenvalue weighted by Gasteiger charge is -2.41. The van der Waals surface area contributed by atoms with Gasteiger partial charge in [-0.25, -0.2) is 4.79 Å². The Bertz CT molecular complexity index is 1010. The summed E-state index contributed by atoms with van der Waals surface area (Å²) in [5, 5.41) is 31.9. The molecular formula is C27H39BN4O6. The van der Waals surface area contributed by atoms with Gasteiger partial charge in [-0.2, -0.15) is 5.26 Å². The molecule has 2 heterocycles. The number of hydrogen-bond donors (Lipinski definition) is 3. The molecule has 2 aliphatic rings. The summed E-state index contributed by atoms with van der Waals surface area (Å²) >= 11 is 0. The van der Waals surface area contributed by atoms with Gasteiger partial charge in [-0.3, -0.25) is 9.69 Å². The SMILES string of the molecule is C[C@@H]1CN(C(C)(C)C=C(C#N)C(=O)N2CCCC[C@@H](OC(=O)NC(Cc3ccccc3)B(O)O)C2)CCO1. The highest BCUT2D eigenvalue weighted by atomic mass is 16.6. The van der Waals surface area contributed by atoms with Gasteiger partial charge in [0.05, 0.1) is 25.2 Å². The molecular weight excluding hydrogens is 487 g/mol. The third-order valence-electron chi connectivity index (χ3n) is 7.06. The molecule has 1 unspecified atom stereocenters. The second-order valence-electron chi connectivity index (χ2n) is 10.6. The van der Waals surface area contributed by atoms with E-state index in [4.69, 9.17) is 9.47 Å². The highest BCUT2D eigenvalue weighted by Gasteiger charge is 2.33. The lowest BCUT2D eigenvalue weighted by Crippen LogP contribution is -2.51. The van der Waals surface area contributed by atoms with Gasteiger partial charge >= 0.3 is 13.2 Å². The molecule has 1 aromatic rings. The van der Waals surface area contributed by atoms with Gasteiger partial charge in [-0.1, -0.05) is 30.3 Å². The first-order valence-corrected chi connectivity index (χ1v) is 13.2. The average molecular weight is 526 g/mol. The van der Waals surface area contributed by atoms with Crippen molar-refractivity contribution in [3.63, 3.8) is 0 Å². The van der Waals surface area contributed by atoms with Gasteiger partial charge in [-0.15, -0.1) is 0 Å². The van der Waals surface area contributed by atoms with Crippen LogP contribution in [0.25, 0.3) is 0 Å². The Balaban J connectivity index is 1.63. The predicted octanol–water partition coefficient (Wildman–Crippen LogP) is 1.67. The first-order valence-electron chi connectivity index (χ1n) is 13.2. The first kappa shape index (κ1) is 29.6. The lowest BCUT2D eigenvalue weighted by atomic mass is 9.76. The molecule has 0 spiro atoms. The Hall–Kier alpha value is -2.91. The molecule has 2 fully saturated rings. The normalized spacial score (nSPS) is 22.1. The van der Waals surface area contributed by atoms with Gasteiger partial charge in [0.2, 0.25) is 0 Å². The third kappa shape index (κ3) is 8.56. The van der Waals surface area contributed by atoms with Crippen molar-refractivity contribution in [1.82, 2.24) is 15.1 Å². The molecule has 0 radical (unpaired) electrons. The van der Waals surface area contributed by atoms with Crippen LogP contribution >= 0.6 is 0 Å². The highest BCUT2D eigenvalue weighted by molar-refractivity contribution is 6.43. The Morgan fingerprint density at radius 1 is 1.26 bits per heavy atom. The number of hydrogen-bond acceptors (Lipinski definition) is 8. The topological polar surface area (TPSA) is 135 Å². The van der Waals surface area contributed by atoms with Crippen LogP contribution in [0.5, 0.6) is 0 Å². The van der Waals surface area contributed by atoms with Crippen molar-refractivity contribution in [1.29, 1.82) is 5.26 Å². The Kier molecular flexibility index (Phi) is 10.7. The molecule has 2 saturated heterocycles. The maximum Gasteiger partial charge on any atom is 0.475 e. The fraction of sp³-hybridized carbons (Fsp3) is 0.593. The summed E-state index contributed by atoms with van der Waals surface area (Å²) in [6.45, 7) is 8.60. The summed E-state index contributed by atoms with van der Waals surface area (Å²) in [5.41, 5.74) is 0.382. The number of likely N-dealkylation sites (tertiary alicyclic amines) is 1. The van der Waals surface area contributed by atoms with E-state index in [9.17, 15) is 24.9 Å². The van der Waals surface area contributed by atoms with Gasteiger partial charge in [0.1, 0.15) is 17.7 Å². The zero-order chi connectivity index (χ0) is 27.7. The molecule has 3 rings (SSSR count). The molecule has 0 saturated carbocycles. The molecule has 0 bridgehead atoms. The van der Waals surface area contributed by atoms with Crippen LogP contribution in [0.4, 0.5) is 4.79 Å². The van der Waals surface area contributed by atoms with Crippen molar-refractivity contribution in [3.05, 3.63) is 47.5 Å². The van der Waals surface area contributed by atoms with Crippen molar-refractivity contribution in [2.24, 2.45) is 0 Å². The monoisotopic (exact) mass is 526 g/mol. The number of carbonyl (C=O) groups is 2. The quantitative estimate of drug-likeness (QED) is 0.265. The summed E-state index contributed by atoms with van der Waals surface area (Å²) in [6.07, 6.45) is 2.69. The number of nitrogens with one attached hydrogen (secondary N) is 1. The van der Waals surface area contributed by atoms with Gasteiger partial charge in [0, 0.05) is 25.2 Å². The van der Waals surface area contributed by atoms with Gasteiger partial charge in [0.15, 0.2) is 0 Å². The molecule has 2 amide bonds. The number of alkyl carbamates (subject to hydrolysis) is 1. The van der Waals surface area contributed by atoms with E-state index in [1.807, 2.05) is 51.1 Å². The Morgan fingerprint density at radius 3 is 2.66 bits per heavy atom. The number of carbonyl (C=O) groups excluding carboxylic acids is 2. The number of nitriles is 1. The van der Waals surface area contributed by atoms with Gasteiger partial charge in [0.25, 0.3) is 5.91 Å². The minimum absolute atomic E-state index is 0.0607. The Morgan fingerprint density at radius 2 is 2.00 bits per heavy atom. The molecule has 206 valence electrons. The van der Waals surface area contributed by atoms with Crippen LogP contribution in [0.15, 0.2) is 42.0 Å². The lowest BCUT2D eigenvalue weighted by molar-refractivity contribution is -0.127. The van der Waals surface area contributed by atoms with Crippen LogP contribution < -0.4 is 5.32 Å². The average Bonchev–Trinajstić information content (AvgIpc) is 3.12. The molecule has 38 heavy (non-hydrogen) atoms. The van der Waals surface area contributed by atoms with Crippen LogP contribution in [0, 0.1) is 11.3 Å². The fourth-order valence-electron chi connectivity index (χ4n) is 4.92. The van der Waals surface area contributed by atoms with E-state index in [-0.39, 0.29) is 30.5 Å². The van der Waals surface area contributed by atoms with E-state index in [2.05, 4.69) is 16.3 Å². The molecule has 1 aromatic carbocycles. The minimum Gasteiger partial charge on any atom is -0.444 e. The van der Waals surface area contributed by atoms with Crippen molar-refractivity contribution in [2.45, 2.75) is 70.1 Å². The maximum absolute atomic E-state index is 13.4. The van der Waals surface area contributed by atoms with Crippen LogP contribution in [0.3, 0.4) is 0 Å². The van der Waals surface area contributed by atoms with E-state index < -0.39 is 30.8 Å². The standard InChI is InChI=1S/C27H39BN4O6/c1-20-18-32(13-14-37-20)27(2,3)16-22(17-29)25(33)31-12-8-7-11-23(19-31)38-26(34)30-24(28(35)36)15-21-9-5-4-6-10-21/h4-6,9-10,16,20,23-24,35-36H,7-8,11-15,18-19H2,1-3H3,(H,30,34)/t20-,23-,24?/m1/s1. The van der Waals surface area contributed by atoms with E-state index in [0.29, 0.717) is 32.7 Å². The molecule has 2 aliphatic heterocycles. The first-order chi connectivity index (χ1) is 18.1. The minimum atomic E-state index is -1.77. The summed E-state index contributed by atoms with van der Waals surface area (Å²) < 4.78 is 11.2. The van der Waals surface area contributed by atoms with E-state index >= 15 is 0 Å². The van der Waals surface area contributed by atoms with Crippen molar-refractivity contribution < 1.29 is 29.1 Å². The summed E-state index contributed by atoms with van der Waals surface area (Å²) in [6, 6.07) is 11.3. The number of benzene rings is 1. The van der Waals surface area contributed by atoms with Gasteiger partial charge < -0.3 is 29.7 Å².